The van der Waals surface area contributed by atoms with Crippen LogP contribution in [0.5, 0.6) is 0 Å². The van der Waals surface area contributed by atoms with E-state index in [1.54, 1.807) is 13.0 Å². The van der Waals surface area contributed by atoms with Crippen LogP contribution < -0.4 is 0 Å². The highest BCUT2D eigenvalue weighted by Gasteiger charge is 1.94. The Balaban J connectivity index is 4.01. The molecule has 0 unspecified atom stereocenters. The first-order valence-electron chi connectivity index (χ1n) is 8.43. The minimum Gasteiger partial charge on any atom is -0.295 e. The van der Waals surface area contributed by atoms with Crippen LogP contribution in [0, 0.1) is 0 Å². The standard InChI is InChI=1S/C21H34O/c1-17(2)10-7-11-18(3)12-8-13-19(4)14-9-15-20(5)16-21(6)22/h10,12,14,16H,7-9,11,13,15H2,1-6H3/b18-12?,19-14-,20-16?. The monoisotopic (exact) mass is 302 g/mol. The van der Waals surface area contributed by atoms with Gasteiger partial charge in [0, 0.05) is 0 Å². The van der Waals surface area contributed by atoms with Crippen LogP contribution in [0.2, 0.25) is 0 Å². The molecule has 0 spiro atoms. The predicted octanol–water partition coefficient (Wildman–Crippen LogP) is 6.72. The van der Waals surface area contributed by atoms with Gasteiger partial charge in [0.05, 0.1) is 0 Å². The molecule has 0 aromatic heterocycles. The number of hydrogen-bond acceptors (Lipinski definition) is 1. The molecule has 1 heteroatoms. The zero-order valence-corrected chi connectivity index (χ0v) is 15.5. The molecule has 22 heavy (non-hydrogen) atoms. The average Bonchev–Trinajstić information content (AvgIpc) is 2.37. The van der Waals surface area contributed by atoms with Crippen molar-refractivity contribution in [3.8, 4) is 0 Å². The molecule has 124 valence electrons. The van der Waals surface area contributed by atoms with Gasteiger partial charge < -0.3 is 0 Å². The van der Waals surface area contributed by atoms with Crippen molar-refractivity contribution >= 4 is 5.78 Å². The summed E-state index contributed by atoms with van der Waals surface area (Å²) in [5.41, 5.74) is 5.52. The maximum atomic E-state index is 11.0. The van der Waals surface area contributed by atoms with E-state index >= 15 is 0 Å². The van der Waals surface area contributed by atoms with Crippen molar-refractivity contribution in [2.24, 2.45) is 0 Å². The molecule has 0 rings (SSSR count). The van der Waals surface area contributed by atoms with Gasteiger partial charge in [0.25, 0.3) is 0 Å². The molecule has 0 radical (unpaired) electrons. The molecule has 0 saturated carbocycles. The van der Waals surface area contributed by atoms with Crippen LogP contribution in [0.15, 0.2) is 46.6 Å². The molecule has 0 aromatic rings. The maximum Gasteiger partial charge on any atom is 0.152 e. The fourth-order valence-electron chi connectivity index (χ4n) is 2.30. The first-order valence-corrected chi connectivity index (χ1v) is 8.43. The van der Waals surface area contributed by atoms with Crippen LogP contribution in [-0.4, -0.2) is 5.78 Å². The van der Waals surface area contributed by atoms with Gasteiger partial charge in [-0.1, -0.05) is 40.5 Å². The van der Waals surface area contributed by atoms with E-state index in [0.29, 0.717) is 0 Å². The van der Waals surface area contributed by atoms with Crippen molar-refractivity contribution in [2.75, 3.05) is 0 Å². The highest BCUT2D eigenvalue weighted by atomic mass is 16.1. The van der Waals surface area contributed by atoms with E-state index < -0.39 is 0 Å². The second kappa shape index (κ2) is 12.2. The highest BCUT2D eigenvalue weighted by molar-refractivity contribution is 5.87. The first-order chi connectivity index (χ1) is 10.3. The molecule has 0 aliphatic heterocycles. The van der Waals surface area contributed by atoms with Crippen LogP contribution >= 0.6 is 0 Å². The molecule has 1 nitrogen and oxygen atoms in total. The van der Waals surface area contributed by atoms with E-state index in [9.17, 15) is 4.79 Å². The van der Waals surface area contributed by atoms with E-state index in [4.69, 9.17) is 0 Å². The fraction of sp³-hybridized carbons (Fsp3) is 0.571. The molecule has 0 aliphatic rings. The predicted molar refractivity (Wildman–Crippen MR) is 99.1 cm³/mol. The van der Waals surface area contributed by atoms with Crippen LogP contribution in [0.1, 0.15) is 80.1 Å². The van der Waals surface area contributed by atoms with Gasteiger partial charge in [-0.2, -0.15) is 0 Å². The molecule has 0 aromatic carbocycles. The third-order valence-corrected chi connectivity index (χ3v) is 3.60. The Kier molecular flexibility index (Phi) is 11.4. The molecular weight excluding hydrogens is 268 g/mol. The van der Waals surface area contributed by atoms with Crippen molar-refractivity contribution in [2.45, 2.75) is 80.1 Å². The Labute approximate surface area is 137 Å². The summed E-state index contributed by atoms with van der Waals surface area (Å²) in [5, 5.41) is 0. The van der Waals surface area contributed by atoms with Crippen LogP contribution in [-0.2, 0) is 4.79 Å². The van der Waals surface area contributed by atoms with Gasteiger partial charge in [-0.3, -0.25) is 4.79 Å². The topological polar surface area (TPSA) is 17.1 Å². The molecule has 0 bridgehead atoms. The van der Waals surface area contributed by atoms with Gasteiger partial charge in [-0.25, -0.2) is 0 Å². The third kappa shape index (κ3) is 13.6. The first kappa shape index (κ1) is 20.6. The van der Waals surface area contributed by atoms with Crippen molar-refractivity contribution in [3.63, 3.8) is 0 Å². The van der Waals surface area contributed by atoms with Crippen LogP contribution in [0.4, 0.5) is 0 Å². The molecule has 0 aliphatic carbocycles. The molecule has 0 N–H and O–H groups in total. The van der Waals surface area contributed by atoms with E-state index in [1.807, 2.05) is 6.92 Å². The normalized spacial score (nSPS) is 13.3. The molecule has 0 amide bonds. The minimum absolute atomic E-state index is 0.145. The van der Waals surface area contributed by atoms with Crippen molar-refractivity contribution in [1.29, 1.82) is 0 Å². The Hall–Kier alpha value is -1.37. The van der Waals surface area contributed by atoms with Crippen LogP contribution in [0.25, 0.3) is 0 Å². The Morgan fingerprint density at radius 2 is 1.05 bits per heavy atom. The molecular formula is C21H34O. The van der Waals surface area contributed by atoms with Crippen LogP contribution in [0.3, 0.4) is 0 Å². The lowest BCUT2D eigenvalue weighted by Gasteiger charge is -2.02. The second-order valence-electron chi connectivity index (χ2n) is 6.60. The summed E-state index contributed by atoms with van der Waals surface area (Å²) < 4.78 is 0. The smallest absolute Gasteiger partial charge is 0.152 e. The van der Waals surface area contributed by atoms with Gasteiger partial charge in [0.15, 0.2) is 5.78 Å². The third-order valence-electron chi connectivity index (χ3n) is 3.60. The fourth-order valence-corrected chi connectivity index (χ4v) is 2.30. The summed E-state index contributed by atoms with van der Waals surface area (Å²) in [7, 11) is 0. The summed E-state index contributed by atoms with van der Waals surface area (Å²) in [5.74, 6) is 0.145. The highest BCUT2D eigenvalue weighted by Crippen LogP contribution is 2.13. The summed E-state index contributed by atoms with van der Waals surface area (Å²) in [6.45, 7) is 12.4. The molecule has 0 saturated heterocycles. The lowest BCUT2D eigenvalue weighted by molar-refractivity contribution is -0.112. The van der Waals surface area contributed by atoms with Crippen molar-refractivity contribution in [3.05, 3.63) is 46.6 Å². The summed E-state index contributed by atoms with van der Waals surface area (Å²) in [4.78, 5) is 11.0. The van der Waals surface area contributed by atoms with Gasteiger partial charge in [0.1, 0.15) is 0 Å². The Bertz CT molecular complexity index is 454. The number of carbonyl (C=O) groups is 1. The quantitative estimate of drug-likeness (QED) is 0.323. The Morgan fingerprint density at radius 1 is 0.636 bits per heavy atom. The minimum atomic E-state index is 0.145. The lowest BCUT2D eigenvalue weighted by atomic mass is 10.0. The number of ketones is 1. The van der Waals surface area contributed by atoms with E-state index in [1.165, 1.54) is 28.7 Å². The summed E-state index contributed by atoms with van der Waals surface area (Å²) in [6.07, 6.45) is 15.3. The summed E-state index contributed by atoms with van der Waals surface area (Å²) in [6, 6.07) is 0. The zero-order valence-electron chi connectivity index (χ0n) is 15.5. The second-order valence-corrected chi connectivity index (χ2v) is 6.60. The average molecular weight is 303 g/mol. The van der Waals surface area contributed by atoms with Gasteiger partial charge >= 0.3 is 0 Å². The molecule has 0 fully saturated rings. The maximum absolute atomic E-state index is 11.0. The van der Waals surface area contributed by atoms with Gasteiger partial charge in [-0.05, 0) is 86.1 Å². The van der Waals surface area contributed by atoms with E-state index in [0.717, 1.165) is 32.1 Å². The number of hydrogen-bond donors (Lipinski definition) is 0. The van der Waals surface area contributed by atoms with Crippen molar-refractivity contribution in [1.82, 2.24) is 0 Å². The Morgan fingerprint density at radius 3 is 1.45 bits per heavy atom. The number of rotatable bonds is 10. The molecule has 0 atom stereocenters. The zero-order chi connectivity index (χ0) is 17.0. The number of allylic oxidation sites excluding steroid dienone is 8. The lowest BCUT2D eigenvalue weighted by Crippen LogP contribution is -1.86. The molecule has 0 heterocycles. The van der Waals surface area contributed by atoms with E-state index in [-0.39, 0.29) is 5.78 Å². The van der Waals surface area contributed by atoms with Gasteiger partial charge in [0.2, 0.25) is 0 Å². The largest absolute Gasteiger partial charge is 0.295 e. The van der Waals surface area contributed by atoms with Gasteiger partial charge in [-0.15, -0.1) is 0 Å². The van der Waals surface area contributed by atoms with E-state index in [2.05, 4.69) is 45.9 Å². The SMILES string of the molecule is CC(=O)C=C(C)CC/C=C(/C)CCC=C(C)CCC=C(C)C. The van der Waals surface area contributed by atoms with Crippen molar-refractivity contribution < 1.29 is 4.79 Å². The number of carbonyl (C=O) groups excluding carboxylic acids is 1. The summed E-state index contributed by atoms with van der Waals surface area (Å²) >= 11 is 0.